The maximum atomic E-state index is 12.7. The van der Waals surface area contributed by atoms with Gasteiger partial charge in [-0.05, 0) is 56.7 Å². The number of aryl methyl sites for hydroxylation is 3. The van der Waals surface area contributed by atoms with E-state index in [9.17, 15) is 8.42 Å². The number of rotatable bonds is 4. The first-order valence-electron chi connectivity index (χ1n) is 8.13. The first-order valence-corrected chi connectivity index (χ1v) is 10.4. The molecule has 9 heteroatoms. The smallest absolute Gasteiger partial charge is 0.267 e. The first-order chi connectivity index (χ1) is 12.8. The zero-order valence-electron chi connectivity index (χ0n) is 14.8. The van der Waals surface area contributed by atoms with Crippen LogP contribution in [-0.2, 0) is 10.0 Å². The Morgan fingerprint density at radius 3 is 2.63 bits per heavy atom. The van der Waals surface area contributed by atoms with Crippen molar-refractivity contribution in [2.75, 3.05) is 4.72 Å². The fourth-order valence-corrected chi connectivity index (χ4v) is 5.22. The Bertz CT molecular complexity index is 1210. The van der Waals surface area contributed by atoms with Crippen LogP contribution in [0.5, 0.6) is 0 Å². The summed E-state index contributed by atoms with van der Waals surface area (Å²) < 4.78 is 33.0. The number of anilines is 1. The van der Waals surface area contributed by atoms with Gasteiger partial charge >= 0.3 is 0 Å². The second-order valence-electron chi connectivity index (χ2n) is 6.14. The van der Waals surface area contributed by atoms with Gasteiger partial charge in [-0.2, -0.15) is 0 Å². The topological polar surface area (TPSA) is 98.0 Å². The van der Waals surface area contributed by atoms with Gasteiger partial charge in [0, 0.05) is 11.8 Å². The van der Waals surface area contributed by atoms with Crippen LogP contribution in [-0.4, -0.2) is 23.5 Å². The van der Waals surface area contributed by atoms with Crippen LogP contribution >= 0.6 is 11.3 Å². The van der Waals surface area contributed by atoms with Crippen LogP contribution in [0.2, 0.25) is 0 Å². The van der Waals surface area contributed by atoms with E-state index in [1.165, 1.54) is 11.3 Å². The van der Waals surface area contributed by atoms with Gasteiger partial charge in [-0.15, -0.1) is 0 Å². The number of fused-ring (bicyclic) bond motifs is 1. The SMILES string of the molecule is Cc1cc(-c2nc3cccnc3s2)ccc1NS(=O)(=O)c1c(C)noc1C. The third-order valence-corrected chi connectivity index (χ3v) is 6.76. The summed E-state index contributed by atoms with van der Waals surface area (Å²) in [6.45, 7) is 5.02. The lowest BCUT2D eigenvalue weighted by molar-refractivity contribution is 0.390. The summed E-state index contributed by atoms with van der Waals surface area (Å²) in [4.78, 5) is 9.84. The van der Waals surface area contributed by atoms with E-state index in [-0.39, 0.29) is 10.7 Å². The molecule has 0 saturated heterocycles. The molecule has 7 nitrogen and oxygen atoms in total. The van der Waals surface area contributed by atoms with Gasteiger partial charge in [0.25, 0.3) is 10.0 Å². The van der Waals surface area contributed by atoms with E-state index >= 15 is 0 Å². The molecule has 0 spiro atoms. The molecular weight excluding hydrogens is 384 g/mol. The number of benzene rings is 1. The zero-order valence-corrected chi connectivity index (χ0v) is 16.5. The van der Waals surface area contributed by atoms with Gasteiger partial charge in [-0.25, -0.2) is 18.4 Å². The molecule has 0 amide bonds. The van der Waals surface area contributed by atoms with Crippen molar-refractivity contribution in [1.82, 2.24) is 15.1 Å². The Kier molecular flexibility index (Phi) is 4.20. The fourth-order valence-electron chi connectivity index (χ4n) is 2.86. The Hall–Kier alpha value is -2.78. The normalized spacial score (nSPS) is 11.8. The summed E-state index contributed by atoms with van der Waals surface area (Å²) in [5.74, 6) is 0.260. The molecule has 0 saturated carbocycles. The van der Waals surface area contributed by atoms with E-state index in [1.807, 2.05) is 31.2 Å². The molecule has 1 aromatic carbocycles. The predicted molar refractivity (Wildman–Crippen MR) is 104 cm³/mol. The monoisotopic (exact) mass is 400 g/mol. The van der Waals surface area contributed by atoms with Gasteiger partial charge in [-0.3, -0.25) is 4.72 Å². The molecule has 0 atom stereocenters. The highest BCUT2D eigenvalue weighted by Gasteiger charge is 2.24. The van der Waals surface area contributed by atoms with Crippen molar-refractivity contribution < 1.29 is 12.9 Å². The number of nitrogens with zero attached hydrogens (tertiary/aromatic N) is 3. The van der Waals surface area contributed by atoms with Gasteiger partial charge in [0.2, 0.25) is 0 Å². The number of thiazole rings is 1. The van der Waals surface area contributed by atoms with Gasteiger partial charge < -0.3 is 4.52 Å². The summed E-state index contributed by atoms with van der Waals surface area (Å²) >= 11 is 1.50. The first kappa shape index (κ1) is 17.6. The lowest BCUT2D eigenvalue weighted by atomic mass is 10.1. The van der Waals surface area contributed by atoms with Crippen molar-refractivity contribution >= 4 is 37.4 Å². The third kappa shape index (κ3) is 3.19. The molecule has 0 radical (unpaired) electrons. The Morgan fingerprint density at radius 2 is 1.96 bits per heavy atom. The lowest BCUT2D eigenvalue weighted by Crippen LogP contribution is -2.15. The minimum absolute atomic E-state index is 0.0724. The Balaban J connectivity index is 1.68. The molecule has 0 bridgehead atoms. The number of nitrogens with one attached hydrogen (secondary N) is 1. The van der Waals surface area contributed by atoms with E-state index in [1.54, 1.807) is 26.1 Å². The highest BCUT2D eigenvalue weighted by Crippen LogP contribution is 2.32. The number of hydrogen-bond donors (Lipinski definition) is 1. The second-order valence-corrected chi connectivity index (χ2v) is 8.73. The molecule has 0 aliphatic heterocycles. The van der Waals surface area contributed by atoms with Crippen LogP contribution in [0, 0.1) is 20.8 Å². The second kappa shape index (κ2) is 6.43. The third-order valence-electron chi connectivity index (χ3n) is 4.12. The molecule has 4 rings (SSSR count). The quantitative estimate of drug-likeness (QED) is 0.554. The lowest BCUT2D eigenvalue weighted by Gasteiger charge is -2.11. The van der Waals surface area contributed by atoms with Gasteiger partial charge in [0.05, 0.1) is 5.69 Å². The molecule has 138 valence electrons. The van der Waals surface area contributed by atoms with Crippen molar-refractivity contribution in [3.63, 3.8) is 0 Å². The molecular formula is C18H16N4O3S2. The zero-order chi connectivity index (χ0) is 19.2. The summed E-state index contributed by atoms with van der Waals surface area (Å²) in [5, 5.41) is 4.55. The molecule has 0 unspecified atom stereocenters. The van der Waals surface area contributed by atoms with Crippen LogP contribution < -0.4 is 4.72 Å². The molecule has 4 aromatic rings. The minimum Gasteiger partial charge on any atom is -0.360 e. The van der Waals surface area contributed by atoms with E-state index in [2.05, 4.69) is 19.8 Å². The number of pyridine rings is 1. The summed E-state index contributed by atoms with van der Waals surface area (Å²) in [6.07, 6.45) is 1.74. The van der Waals surface area contributed by atoms with Crippen molar-refractivity contribution in [1.29, 1.82) is 0 Å². The molecule has 0 aliphatic rings. The van der Waals surface area contributed by atoms with Gasteiger partial charge in [-0.1, -0.05) is 16.5 Å². The largest absolute Gasteiger partial charge is 0.360 e. The maximum absolute atomic E-state index is 12.7. The van der Waals surface area contributed by atoms with Gasteiger partial charge in [0.1, 0.15) is 21.0 Å². The van der Waals surface area contributed by atoms with Gasteiger partial charge in [0.15, 0.2) is 10.7 Å². The molecule has 1 N–H and O–H groups in total. The van der Waals surface area contributed by atoms with Crippen molar-refractivity contribution in [3.05, 3.63) is 53.5 Å². The highest BCUT2D eigenvalue weighted by molar-refractivity contribution is 7.92. The fraction of sp³-hybridized carbons (Fsp3) is 0.167. The Morgan fingerprint density at radius 1 is 1.15 bits per heavy atom. The standard InChI is InChI=1S/C18H16N4O3S2/c1-10-9-13(17-20-15-5-4-8-19-18(15)26-17)6-7-14(10)22-27(23,24)16-11(2)21-25-12(16)3/h4-9,22H,1-3H3. The molecule has 3 heterocycles. The van der Waals surface area contributed by atoms with Crippen molar-refractivity contribution in [2.45, 2.75) is 25.7 Å². The summed E-state index contributed by atoms with van der Waals surface area (Å²) in [7, 11) is -3.78. The maximum Gasteiger partial charge on any atom is 0.267 e. The van der Waals surface area contributed by atoms with Crippen LogP contribution in [0.1, 0.15) is 17.0 Å². The highest BCUT2D eigenvalue weighted by atomic mass is 32.2. The van der Waals surface area contributed by atoms with E-state index in [0.717, 1.165) is 26.5 Å². The molecule has 3 aromatic heterocycles. The summed E-state index contributed by atoms with van der Waals surface area (Å²) in [5.41, 5.74) is 3.37. The molecule has 0 aliphatic carbocycles. The molecule has 0 fully saturated rings. The van der Waals surface area contributed by atoms with Crippen molar-refractivity contribution in [2.24, 2.45) is 0 Å². The number of hydrogen-bond acceptors (Lipinski definition) is 7. The van der Waals surface area contributed by atoms with E-state index in [0.29, 0.717) is 11.4 Å². The average molecular weight is 400 g/mol. The van der Waals surface area contributed by atoms with Crippen LogP contribution in [0.25, 0.3) is 20.9 Å². The van der Waals surface area contributed by atoms with E-state index in [4.69, 9.17) is 4.52 Å². The van der Waals surface area contributed by atoms with Crippen LogP contribution in [0.3, 0.4) is 0 Å². The number of sulfonamides is 1. The van der Waals surface area contributed by atoms with Crippen LogP contribution in [0.15, 0.2) is 45.9 Å². The van der Waals surface area contributed by atoms with Crippen molar-refractivity contribution in [3.8, 4) is 10.6 Å². The minimum atomic E-state index is -3.78. The van der Waals surface area contributed by atoms with Crippen LogP contribution in [0.4, 0.5) is 5.69 Å². The van der Waals surface area contributed by atoms with E-state index < -0.39 is 10.0 Å². The average Bonchev–Trinajstić information content (AvgIpc) is 3.20. The summed E-state index contributed by atoms with van der Waals surface area (Å²) in [6, 6.07) is 9.25. The predicted octanol–water partition coefficient (Wildman–Crippen LogP) is 4.07. The number of aromatic nitrogens is 3. The molecule has 27 heavy (non-hydrogen) atoms. The Labute approximate surface area is 160 Å².